The zero-order valence-corrected chi connectivity index (χ0v) is 9.97. The molecule has 0 spiro atoms. The van der Waals surface area contributed by atoms with Gasteiger partial charge in [-0.2, -0.15) is 0 Å². The number of rotatable bonds is 3. The van der Waals surface area contributed by atoms with E-state index in [4.69, 9.17) is 0 Å². The van der Waals surface area contributed by atoms with Gasteiger partial charge in [-0.3, -0.25) is 0 Å². The first kappa shape index (κ1) is 13.1. The number of hydrogen-bond donors (Lipinski definition) is 0. The van der Waals surface area contributed by atoms with E-state index in [2.05, 4.69) is 26.7 Å². The maximum Gasteiger partial charge on any atom is 0 e. The Kier molecular flexibility index (Phi) is 11.1. The van der Waals surface area contributed by atoms with E-state index in [0.29, 0.717) is 15.8 Å². The predicted molar refractivity (Wildman–Crippen MR) is 47.3 cm³/mol. The molecule has 0 nitrogen and oxygen atoms in total. The molecular weight excluding hydrogens is 240 g/mol. The monoisotopic (exact) mass is 256 g/mol. The van der Waals surface area contributed by atoms with Crippen molar-refractivity contribution in [2.75, 3.05) is 39.0 Å². The number of hydrogen-bond acceptors (Lipinski definition) is 0. The summed E-state index contributed by atoms with van der Waals surface area (Å²) in [4.78, 5) is 0. The second-order valence-electron chi connectivity index (χ2n) is 2.61. The van der Waals surface area contributed by atoms with Crippen molar-refractivity contribution >= 4 is 15.8 Å². The quantitative estimate of drug-likeness (QED) is 0.538. The third kappa shape index (κ3) is 12.7. The van der Waals surface area contributed by atoms with Crippen molar-refractivity contribution in [2.45, 2.75) is 0 Å². The first-order valence-corrected chi connectivity index (χ1v) is 7.76. The molecule has 0 amide bonds. The van der Waals surface area contributed by atoms with Crippen molar-refractivity contribution in [3.05, 3.63) is 0 Å². The van der Waals surface area contributed by atoms with Crippen LogP contribution in [0.4, 0.5) is 0 Å². The van der Waals surface area contributed by atoms with Crippen molar-refractivity contribution in [3.63, 3.8) is 0 Å². The molecule has 0 saturated heterocycles. The summed E-state index contributed by atoms with van der Waals surface area (Å²) in [6, 6.07) is 0. The average molecular weight is 257 g/mol. The van der Waals surface area contributed by atoms with Gasteiger partial charge in [0.1, 0.15) is 0 Å². The molecule has 3 heteroatoms. The van der Waals surface area contributed by atoms with Gasteiger partial charge in [0.25, 0.3) is 0 Å². The van der Waals surface area contributed by atoms with Crippen LogP contribution in [0.1, 0.15) is 0 Å². The zero-order chi connectivity index (χ0) is 6.57. The molecule has 0 fully saturated rings. The van der Waals surface area contributed by atoms with Crippen LogP contribution in [0.2, 0.25) is 0 Å². The van der Waals surface area contributed by atoms with Gasteiger partial charge in [-0.05, 0) is 39.0 Å². The minimum Gasteiger partial charge on any atom is -0.113 e. The zero-order valence-electron chi connectivity index (χ0n) is 6.62. The van der Waals surface area contributed by atoms with E-state index in [1.807, 2.05) is 0 Å². The van der Waals surface area contributed by atoms with Crippen molar-refractivity contribution in [1.29, 1.82) is 0 Å². The molecule has 0 aromatic heterocycles. The molecule has 0 aromatic carbocycles. The summed E-state index contributed by atoms with van der Waals surface area (Å²) in [5.41, 5.74) is 0. The van der Waals surface area contributed by atoms with Crippen LogP contribution in [-0.4, -0.2) is 39.0 Å². The van der Waals surface area contributed by atoms with Crippen molar-refractivity contribution < 1.29 is 20.4 Å². The summed E-state index contributed by atoms with van der Waals surface area (Å²) < 4.78 is 0. The van der Waals surface area contributed by atoms with E-state index in [-0.39, 0.29) is 20.4 Å². The second-order valence-corrected chi connectivity index (χ2v) is 7.82. The molecule has 0 heterocycles. The minimum atomic E-state index is 0. The van der Waals surface area contributed by atoms with Gasteiger partial charge in [0.15, 0.2) is 0 Å². The first-order valence-electron chi connectivity index (χ1n) is 2.92. The van der Waals surface area contributed by atoms with Crippen LogP contribution >= 0.6 is 15.8 Å². The Hall–Kier alpha value is 1.52. The molecule has 0 rings (SSSR count). The Bertz CT molecular complexity index is 47.0. The van der Waals surface area contributed by atoms with Crippen LogP contribution in [0.5, 0.6) is 0 Å². The summed E-state index contributed by atoms with van der Waals surface area (Å²) >= 11 is 0. The van der Waals surface area contributed by atoms with Crippen molar-refractivity contribution in [1.82, 2.24) is 0 Å². The topological polar surface area (TPSA) is 0 Å². The fraction of sp³-hybridized carbons (Fsp3) is 1.00. The van der Waals surface area contributed by atoms with Crippen LogP contribution in [0.15, 0.2) is 0 Å². The first-order chi connectivity index (χ1) is 3.63. The maximum absolute atomic E-state index is 2.36. The molecule has 0 aliphatic carbocycles. The molecular formula is C6H16P2Pd. The van der Waals surface area contributed by atoms with Gasteiger partial charge in [-0.15, -0.1) is 15.8 Å². The molecule has 9 heavy (non-hydrogen) atoms. The molecule has 0 bridgehead atoms. The van der Waals surface area contributed by atoms with Gasteiger partial charge in [0.2, 0.25) is 0 Å². The SMILES string of the molecule is CP(C)CCP(C)C.[Pd]. The smallest absolute Gasteiger partial charge is 0 e. The summed E-state index contributed by atoms with van der Waals surface area (Å²) in [6.07, 6.45) is 2.96. The third-order valence-corrected chi connectivity index (χ3v) is 3.58. The molecule has 0 aliphatic rings. The molecule has 0 aliphatic heterocycles. The Labute approximate surface area is 75.3 Å². The molecule has 60 valence electrons. The van der Waals surface area contributed by atoms with Crippen molar-refractivity contribution in [3.8, 4) is 0 Å². The summed E-state index contributed by atoms with van der Waals surface area (Å²) in [5, 5.41) is 0. The Morgan fingerprint density at radius 2 is 1.00 bits per heavy atom. The summed E-state index contributed by atoms with van der Waals surface area (Å²) in [6.45, 7) is 9.42. The van der Waals surface area contributed by atoms with Crippen LogP contribution in [0, 0.1) is 0 Å². The Balaban J connectivity index is 0. The van der Waals surface area contributed by atoms with E-state index in [1.54, 1.807) is 0 Å². The van der Waals surface area contributed by atoms with Crippen LogP contribution in [0.3, 0.4) is 0 Å². The minimum absolute atomic E-state index is 0. The van der Waals surface area contributed by atoms with E-state index < -0.39 is 0 Å². The summed E-state index contributed by atoms with van der Waals surface area (Å²) in [5.74, 6) is 0. The summed E-state index contributed by atoms with van der Waals surface area (Å²) in [7, 11) is 0.766. The van der Waals surface area contributed by atoms with Gasteiger partial charge in [0.05, 0.1) is 0 Å². The van der Waals surface area contributed by atoms with Gasteiger partial charge in [0, 0.05) is 20.4 Å². The fourth-order valence-corrected chi connectivity index (χ4v) is 3.60. The Morgan fingerprint density at radius 3 is 1.11 bits per heavy atom. The molecule has 0 saturated carbocycles. The van der Waals surface area contributed by atoms with Crippen molar-refractivity contribution in [2.24, 2.45) is 0 Å². The maximum atomic E-state index is 2.36. The van der Waals surface area contributed by atoms with E-state index in [9.17, 15) is 0 Å². The molecule has 0 unspecified atom stereocenters. The van der Waals surface area contributed by atoms with Crippen LogP contribution in [0.25, 0.3) is 0 Å². The largest absolute Gasteiger partial charge is 0.113 e. The molecule has 0 N–H and O–H groups in total. The molecule has 0 aromatic rings. The van der Waals surface area contributed by atoms with Crippen LogP contribution < -0.4 is 0 Å². The van der Waals surface area contributed by atoms with Crippen LogP contribution in [-0.2, 0) is 20.4 Å². The third-order valence-electron chi connectivity index (χ3n) is 0.994. The van der Waals surface area contributed by atoms with E-state index in [1.165, 1.54) is 12.3 Å². The van der Waals surface area contributed by atoms with Gasteiger partial charge in [-0.1, -0.05) is 0 Å². The normalized spacial score (nSPS) is 10.0. The fourth-order valence-electron chi connectivity index (χ4n) is 0.400. The average Bonchev–Trinajstić information content (AvgIpc) is 1.61. The standard InChI is InChI=1S/C6H16P2.Pd/c1-7(2)5-6-8(3)4;/h5-6H2,1-4H3;. The Morgan fingerprint density at radius 1 is 0.778 bits per heavy atom. The predicted octanol–water partition coefficient (Wildman–Crippen LogP) is 2.47. The molecule has 0 radical (unpaired) electrons. The van der Waals surface area contributed by atoms with Gasteiger partial charge >= 0.3 is 0 Å². The second kappa shape index (κ2) is 7.63. The molecule has 0 atom stereocenters. The van der Waals surface area contributed by atoms with Gasteiger partial charge < -0.3 is 0 Å². The van der Waals surface area contributed by atoms with Gasteiger partial charge in [-0.25, -0.2) is 0 Å². The van der Waals surface area contributed by atoms with E-state index in [0.717, 1.165) is 0 Å². The van der Waals surface area contributed by atoms with E-state index >= 15 is 0 Å².